The van der Waals surface area contributed by atoms with Crippen LogP contribution in [0.5, 0.6) is 0 Å². The average Bonchev–Trinajstić information content (AvgIpc) is 2.76. The first-order chi connectivity index (χ1) is 8.95. The summed E-state index contributed by atoms with van der Waals surface area (Å²) in [6, 6.07) is 6.36. The predicted octanol–water partition coefficient (Wildman–Crippen LogP) is -0.387. The van der Waals surface area contributed by atoms with Gasteiger partial charge in [-0.05, 0) is 24.1 Å². The number of rotatable bonds is 4. The second-order valence-electron chi connectivity index (χ2n) is 4.53. The zero-order valence-corrected chi connectivity index (χ0v) is 11.1. The lowest BCUT2D eigenvalue weighted by atomic mass is 10.0. The Morgan fingerprint density at radius 1 is 1.32 bits per heavy atom. The van der Waals surface area contributed by atoms with E-state index < -0.39 is 28.8 Å². The molecule has 0 aliphatic carbocycles. The maximum atomic E-state index is 11.8. The molecule has 106 valence electrons. The minimum absolute atomic E-state index is 0.124. The zero-order valence-electron chi connectivity index (χ0n) is 10.3. The molecule has 2 atom stereocenters. The number of anilines is 1. The highest BCUT2D eigenvalue weighted by atomic mass is 32.2. The molecule has 2 rings (SSSR count). The van der Waals surface area contributed by atoms with Gasteiger partial charge in [0.25, 0.3) is 0 Å². The molecule has 2 unspecified atom stereocenters. The number of benzene rings is 1. The monoisotopic (exact) mass is 287 g/mol. The van der Waals surface area contributed by atoms with E-state index in [1.165, 1.54) is 10.4 Å². The van der Waals surface area contributed by atoms with Crippen LogP contribution in [0.25, 0.3) is 0 Å². The van der Waals surface area contributed by atoms with Crippen LogP contribution in [0.1, 0.15) is 18.1 Å². The van der Waals surface area contributed by atoms with Crippen LogP contribution in [-0.4, -0.2) is 48.7 Å². The Hall–Kier alpha value is -1.15. The third-order valence-corrected chi connectivity index (χ3v) is 5.02. The summed E-state index contributed by atoms with van der Waals surface area (Å²) < 4.78 is 24.9. The molecule has 1 aliphatic rings. The van der Waals surface area contributed by atoms with E-state index in [9.17, 15) is 18.6 Å². The molecule has 1 saturated heterocycles. The van der Waals surface area contributed by atoms with Crippen LogP contribution >= 0.6 is 0 Å². The highest BCUT2D eigenvalue weighted by Crippen LogP contribution is 2.27. The number of aliphatic hydroxyl groups is 3. The van der Waals surface area contributed by atoms with Crippen molar-refractivity contribution >= 4 is 15.7 Å². The van der Waals surface area contributed by atoms with Crippen molar-refractivity contribution in [1.29, 1.82) is 0 Å². The van der Waals surface area contributed by atoms with Crippen LogP contribution in [-0.2, 0) is 10.0 Å². The van der Waals surface area contributed by atoms with Crippen molar-refractivity contribution in [2.24, 2.45) is 0 Å². The van der Waals surface area contributed by atoms with Gasteiger partial charge in [0.1, 0.15) is 12.2 Å². The Bertz CT molecular complexity index is 545. The van der Waals surface area contributed by atoms with Crippen molar-refractivity contribution in [1.82, 2.24) is 0 Å². The molecular weight excluding hydrogens is 270 g/mol. The van der Waals surface area contributed by atoms with Gasteiger partial charge in [-0.1, -0.05) is 12.1 Å². The smallest absolute Gasteiger partial charge is 0.235 e. The minimum Gasteiger partial charge on any atom is -0.394 e. The fraction of sp³-hybridized carbons (Fsp3) is 0.500. The molecule has 0 aromatic heterocycles. The number of aliphatic hydroxyl groups excluding tert-OH is 3. The average molecular weight is 287 g/mol. The first-order valence-corrected chi connectivity index (χ1v) is 7.64. The zero-order chi connectivity index (χ0) is 14.0. The van der Waals surface area contributed by atoms with Gasteiger partial charge in [0, 0.05) is 6.54 Å². The van der Waals surface area contributed by atoms with Crippen LogP contribution in [0.15, 0.2) is 24.3 Å². The number of hydrogen-bond donors (Lipinski definition) is 3. The number of hydrogen-bond acceptors (Lipinski definition) is 5. The summed E-state index contributed by atoms with van der Waals surface area (Å²) in [6.07, 6.45) is -1.95. The summed E-state index contributed by atoms with van der Waals surface area (Å²) in [6.45, 7) is -0.141. The van der Waals surface area contributed by atoms with Gasteiger partial charge in [-0.15, -0.1) is 0 Å². The fourth-order valence-corrected chi connectivity index (χ4v) is 3.67. The predicted molar refractivity (Wildman–Crippen MR) is 70.2 cm³/mol. The minimum atomic E-state index is -3.27. The molecule has 1 aromatic rings. The highest BCUT2D eigenvalue weighted by molar-refractivity contribution is 7.93. The molecule has 0 radical (unpaired) electrons. The van der Waals surface area contributed by atoms with Gasteiger partial charge in [-0.25, -0.2) is 8.42 Å². The summed E-state index contributed by atoms with van der Waals surface area (Å²) in [5.74, 6) is 0.124. The Kier molecular flexibility index (Phi) is 4.10. The van der Waals surface area contributed by atoms with Gasteiger partial charge in [-0.3, -0.25) is 4.31 Å². The molecule has 6 nitrogen and oxygen atoms in total. The quantitative estimate of drug-likeness (QED) is 0.701. The third kappa shape index (κ3) is 2.89. The summed E-state index contributed by atoms with van der Waals surface area (Å²) >= 11 is 0. The first kappa shape index (κ1) is 14.3. The molecule has 1 heterocycles. The Morgan fingerprint density at radius 3 is 2.63 bits per heavy atom. The van der Waals surface area contributed by atoms with Crippen molar-refractivity contribution in [3.8, 4) is 0 Å². The number of sulfonamides is 1. The van der Waals surface area contributed by atoms with Gasteiger partial charge in [0.05, 0.1) is 18.0 Å². The molecule has 0 bridgehead atoms. The normalized spacial score (nSPS) is 21.3. The molecule has 0 saturated carbocycles. The lowest BCUT2D eigenvalue weighted by Crippen LogP contribution is -2.26. The first-order valence-electron chi connectivity index (χ1n) is 6.03. The highest BCUT2D eigenvalue weighted by Gasteiger charge is 2.29. The number of nitrogens with zero attached hydrogens (tertiary/aromatic N) is 1. The molecule has 3 N–H and O–H groups in total. The molecule has 1 aromatic carbocycles. The van der Waals surface area contributed by atoms with Gasteiger partial charge in [-0.2, -0.15) is 0 Å². The van der Waals surface area contributed by atoms with Crippen molar-refractivity contribution in [2.45, 2.75) is 18.6 Å². The lowest BCUT2D eigenvalue weighted by Gasteiger charge is -2.20. The SMILES string of the molecule is O=S1(=O)CCCN1c1cccc(C(O)C(O)CO)c1. The van der Waals surface area contributed by atoms with E-state index >= 15 is 0 Å². The Morgan fingerprint density at radius 2 is 2.05 bits per heavy atom. The second kappa shape index (κ2) is 5.46. The molecule has 0 amide bonds. The van der Waals surface area contributed by atoms with Crippen LogP contribution in [0.4, 0.5) is 5.69 Å². The van der Waals surface area contributed by atoms with E-state index in [1.54, 1.807) is 18.2 Å². The van der Waals surface area contributed by atoms with Crippen molar-refractivity contribution in [3.63, 3.8) is 0 Å². The van der Waals surface area contributed by atoms with Gasteiger partial charge in [0.15, 0.2) is 0 Å². The van der Waals surface area contributed by atoms with E-state index in [1.807, 2.05) is 0 Å². The van der Waals surface area contributed by atoms with E-state index in [0.717, 1.165) is 0 Å². The summed E-state index contributed by atoms with van der Waals surface area (Å²) in [5, 5.41) is 28.0. The van der Waals surface area contributed by atoms with E-state index in [4.69, 9.17) is 5.11 Å². The maximum Gasteiger partial charge on any atom is 0.235 e. The summed E-state index contributed by atoms with van der Waals surface area (Å²) in [4.78, 5) is 0. The van der Waals surface area contributed by atoms with Crippen molar-refractivity contribution < 1.29 is 23.7 Å². The van der Waals surface area contributed by atoms with E-state index in [0.29, 0.717) is 24.2 Å². The summed E-state index contributed by atoms with van der Waals surface area (Å²) in [7, 11) is -3.27. The molecule has 1 aliphatic heterocycles. The van der Waals surface area contributed by atoms with Crippen LogP contribution in [0, 0.1) is 0 Å². The fourth-order valence-electron chi connectivity index (χ4n) is 2.12. The van der Waals surface area contributed by atoms with Gasteiger partial charge < -0.3 is 15.3 Å². The van der Waals surface area contributed by atoms with Gasteiger partial charge >= 0.3 is 0 Å². The van der Waals surface area contributed by atoms with Gasteiger partial charge in [0.2, 0.25) is 10.0 Å². The van der Waals surface area contributed by atoms with E-state index in [2.05, 4.69) is 0 Å². The van der Waals surface area contributed by atoms with Crippen LogP contribution < -0.4 is 4.31 Å². The maximum absolute atomic E-state index is 11.8. The molecule has 19 heavy (non-hydrogen) atoms. The van der Waals surface area contributed by atoms with Crippen LogP contribution in [0.3, 0.4) is 0 Å². The molecule has 7 heteroatoms. The lowest BCUT2D eigenvalue weighted by molar-refractivity contribution is -0.0152. The summed E-state index contributed by atoms with van der Waals surface area (Å²) in [5.41, 5.74) is 0.848. The van der Waals surface area contributed by atoms with E-state index in [-0.39, 0.29) is 5.75 Å². The van der Waals surface area contributed by atoms with Crippen molar-refractivity contribution in [2.75, 3.05) is 23.2 Å². The largest absolute Gasteiger partial charge is 0.394 e. The standard InChI is InChI=1S/C12H17NO5S/c14-8-11(15)12(16)9-3-1-4-10(7-9)13-5-2-6-19(13,17)18/h1,3-4,7,11-12,14-16H,2,5-6,8H2. The Labute approximate surface area is 112 Å². The Balaban J connectivity index is 2.30. The van der Waals surface area contributed by atoms with Crippen molar-refractivity contribution in [3.05, 3.63) is 29.8 Å². The topological polar surface area (TPSA) is 98.1 Å². The third-order valence-electron chi connectivity index (χ3n) is 3.15. The van der Waals surface area contributed by atoms with Crippen LogP contribution in [0.2, 0.25) is 0 Å². The molecule has 0 spiro atoms. The molecular formula is C12H17NO5S. The second-order valence-corrected chi connectivity index (χ2v) is 6.54. The molecule has 1 fully saturated rings.